The Labute approximate surface area is 106 Å². The van der Waals surface area contributed by atoms with Crippen LogP contribution in [0.25, 0.3) is 10.9 Å². The Balaban J connectivity index is 2.11. The number of nitrogens with zero attached hydrogens (tertiary/aromatic N) is 1. The molecule has 17 heavy (non-hydrogen) atoms. The number of nitrogens with one attached hydrogen (secondary N) is 2. The molecule has 2 N–H and O–H groups in total. The highest BCUT2D eigenvalue weighted by atomic mass is 32.1. The molecule has 2 aromatic rings. The molecule has 0 saturated carbocycles. The molecule has 4 heteroatoms. The maximum atomic E-state index is 5.17. The van der Waals surface area contributed by atoms with Crippen molar-refractivity contribution in [3.63, 3.8) is 0 Å². The minimum Gasteiger partial charge on any atom is -0.362 e. The first kappa shape index (κ1) is 11.8. The fourth-order valence-corrected chi connectivity index (χ4v) is 1.77. The van der Waals surface area contributed by atoms with Gasteiger partial charge in [0.2, 0.25) is 0 Å². The van der Waals surface area contributed by atoms with Crippen LogP contribution < -0.4 is 10.6 Å². The van der Waals surface area contributed by atoms with E-state index in [0.29, 0.717) is 5.11 Å². The molecular weight excluding hydrogens is 230 g/mol. The second kappa shape index (κ2) is 5.59. The lowest BCUT2D eigenvalue weighted by Crippen LogP contribution is -2.28. The number of hydrogen-bond donors (Lipinski definition) is 2. The highest BCUT2D eigenvalue weighted by molar-refractivity contribution is 7.80. The number of hydrogen-bond acceptors (Lipinski definition) is 2. The molecule has 0 amide bonds. The predicted octanol–water partition coefficient (Wildman–Crippen LogP) is 2.93. The van der Waals surface area contributed by atoms with Crippen LogP contribution in [0.5, 0.6) is 0 Å². The summed E-state index contributed by atoms with van der Waals surface area (Å²) in [7, 11) is 0. The Morgan fingerprint density at radius 1 is 1.35 bits per heavy atom. The van der Waals surface area contributed by atoms with Gasteiger partial charge in [0.25, 0.3) is 0 Å². The number of aromatic nitrogens is 1. The highest BCUT2D eigenvalue weighted by Gasteiger charge is 1.99. The standard InChI is InChI=1S/C13H15N3S/c1-2-7-14-13(17)16-11-8-10-5-3-4-6-12(10)15-9-11/h3-6,8-9H,2,7H2,1H3,(H2,14,16,17). The monoisotopic (exact) mass is 245 g/mol. The van der Waals surface area contributed by atoms with Crippen molar-refractivity contribution in [3.8, 4) is 0 Å². The van der Waals surface area contributed by atoms with E-state index in [1.807, 2.05) is 30.3 Å². The van der Waals surface area contributed by atoms with Gasteiger partial charge in [0.15, 0.2) is 5.11 Å². The predicted molar refractivity (Wildman–Crippen MR) is 76.3 cm³/mol. The Hall–Kier alpha value is -1.68. The molecule has 2 rings (SSSR count). The first-order valence-electron chi connectivity index (χ1n) is 5.69. The van der Waals surface area contributed by atoms with Crippen molar-refractivity contribution in [3.05, 3.63) is 36.5 Å². The van der Waals surface area contributed by atoms with Gasteiger partial charge >= 0.3 is 0 Å². The lowest BCUT2D eigenvalue weighted by atomic mass is 10.2. The second-order valence-corrected chi connectivity index (χ2v) is 4.21. The first-order chi connectivity index (χ1) is 8.29. The van der Waals surface area contributed by atoms with Crippen LogP contribution in [-0.2, 0) is 0 Å². The summed E-state index contributed by atoms with van der Waals surface area (Å²) in [4.78, 5) is 4.36. The third kappa shape index (κ3) is 3.14. The van der Waals surface area contributed by atoms with Crippen LogP contribution in [0.2, 0.25) is 0 Å². The SMILES string of the molecule is CCCNC(=S)Nc1cnc2ccccc2c1. The van der Waals surface area contributed by atoms with Gasteiger partial charge < -0.3 is 10.6 Å². The van der Waals surface area contributed by atoms with Crippen LogP contribution in [0.15, 0.2) is 36.5 Å². The van der Waals surface area contributed by atoms with E-state index >= 15 is 0 Å². The zero-order valence-corrected chi connectivity index (χ0v) is 10.6. The van der Waals surface area contributed by atoms with Crippen LogP contribution in [0.3, 0.4) is 0 Å². The fraction of sp³-hybridized carbons (Fsp3) is 0.231. The van der Waals surface area contributed by atoms with E-state index in [1.165, 1.54) is 0 Å². The molecule has 0 saturated heterocycles. The minimum absolute atomic E-state index is 0.643. The third-order valence-electron chi connectivity index (χ3n) is 2.38. The zero-order chi connectivity index (χ0) is 12.1. The smallest absolute Gasteiger partial charge is 0.170 e. The molecule has 0 bridgehead atoms. The lowest BCUT2D eigenvalue weighted by molar-refractivity contribution is 0.846. The summed E-state index contributed by atoms with van der Waals surface area (Å²) < 4.78 is 0. The number of rotatable bonds is 3. The average Bonchev–Trinajstić information content (AvgIpc) is 2.36. The molecule has 1 aromatic carbocycles. The van der Waals surface area contributed by atoms with Crippen LogP contribution in [0, 0.1) is 0 Å². The van der Waals surface area contributed by atoms with E-state index in [1.54, 1.807) is 6.20 Å². The van der Waals surface area contributed by atoms with Crippen molar-refractivity contribution >= 4 is 33.9 Å². The van der Waals surface area contributed by atoms with Crippen LogP contribution in [-0.4, -0.2) is 16.6 Å². The number of para-hydroxylation sites is 1. The van der Waals surface area contributed by atoms with Gasteiger partial charge in [-0.15, -0.1) is 0 Å². The molecule has 0 fully saturated rings. The summed E-state index contributed by atoms with van der Waals surface area (Å²) in [5.41, 5.74) is 1.91. The van der Waals surface area contributed by atoms with Crippen molar-refractivity contribution in [2.24, 2.45) is 0 Å². The highest BCUT2D eigenvalue weighted by Crippen LogP contribution is 2.15. The van der Waals surface area contributed by atoms with Gasteiger partial charge in [-0.05, 0) is 30.8 Å². The summed E-state index contributed by atoms with van der Waals surface area (Å²) in [5, 5.41) is 8.00. The van der Waals surface area contributed by atoms with E-state index in [-0.39, 0.29) is 0 Å². The van der Waals surface area contributed by atoms with Gasteiger partial charge in [-0.25, -0.2) is 0 Å². The molecule has 0 aliphatic carbocycles. The topological polar surface area (TPSA) is 37.0 Å². The van der Waals surface area contributed by atoms with Gasteiger partial charge in [0.05, 0.1) is 17.4 Å². The van der Waals surface area contributed by atoms with Crippen molar-refractivity contribution in [1.29, 1.82) is 0 Å². The summed E-state index contributed by atoms with van der Waals surface area (Å²) >= 11 is 5.17. The molecule has 0 aliphatic heterocycles. The lowest BCUT2D eigenvalue weighted by Gasteiger charge is -2.09. The van der Waals surface area contributed by atoms with Crippen molar-refractivity contribution in [2.45, 2.75) is 13.3 Å². The van der Waals surface area contributed by atoms with Gasteiger partial charge in [0, 0.05) is 11.9 Å². The normalized spacial score (nSPS) is 10.2. The largest absolute Gasteiger partial charge is 0.362 e. The zero-order valence-electron chi connectivity index (χ0n) is 9.73. The molecule has 3 nitrogen and oxygen atoms in total. The van der Waals surface area contributed by atoms with Gasteiger partial charge in [0.1, 0.15) is 0 Å². The minimum atomic E-state index is 0.643. The summed E-state index contributed by atoms with van der Waals surface area (Å²) in [6, 6.07) is 10.1. The van der Waals surface area contributed by atoms with E-state index in [0.717, 1.165) is 29.6 Å². The molecular formula is C13H15N3S. The van der Waals surface area contributed by atoms with Gasteiger partial charge in [-0.2, -0.15) is 0 Å². The van der Waals surface area contributed by atoms with Gasteiger partial charge in [-0.3, -0.25) is 4.98 Å². The molecule has 0 radical (unpaired) electrons. The second-order valence-electron chi connectivity index (χ2n) is 3.80. The molecule has 0 unspecified atom stereocenters. The Morgan fingerprint density at radius 2 is 2.18 bits per heavy atom. The van der Waals surface area contributed by atoms with E-state index < -0.39 is 0 Å². The average molecular weight is 245 g/mol. The van der Waals surface area contributed by atoms with Crippen LogP contribution >= 0.6 is 12.2 Å². The Bertz CT molecular complexity index is 525. The maximum absolute atomic E-state index is 5.17. The fourth-order valence-electron chi connectivity index (χ4n) is 1.55. The van der Waals surface area contributed by atoms with E-state index in [9.17, 15) is 0 Å². The number of thiocarbonyl (C=S) groups is 1. The van der Waals surface area contributed by atoms with Crippen molar-refractivity contribution in [2.75, 3.05) is 11.9 Å². The van der Waals surface area contributed by atoms with Crippen molar-refractivity contribution in [1.82, 2.24) is 10.3 Å². The molecule has 1 aromatic heterocycles. The summed E-state index contributed by atoms with van der Waals surface area (Å²) in [6.07, 6.45) is 2.85. The Morgan fingerprint density at radius 3 is 3.00 bits per heavy atom. The molecule has 1 heterocycles. The van der Waals surface area contributed by atoms with Crippen molar-refractivity contribution < 1.29 is 0 Å². The van der Waals surface area contributed by atoms with Crippen LogP contribution in [0.4, 0.5) is 5.69 Å². The summed E-state index contributed by atoms with van der Waals surface area (Å²) in [6.45, 7) is 2.99. The molecule has 0 atom stereocenters. The van der Waals surface area contributed by atoms with Crippen LogP contribution in [0.1, 0.15) is 13.3 Å². The number of fused-ring (bicyclic) bond motifs is 1. The number of pyridine rings is 1. The van der Waals surface area contributed by atoms with E-state index in [4.69, 9.17) is 12.2 Å². The van der Waals surface area contributed by atoms with Gasteiger partial charge in [-0.1, -0.05) is 25.1 Å². The molecule has 0 aliphatic rings. The van der Waals surface area contributed by atoms with E-state index in [2.05, 4.69) is 22.5 Å². The number of benzene rings is 1. The molecule has 0 spiro atoms. The number of anilines is 1. The first-order valence-corrected chi connectivity index (χ1v) is 6.10. The summed E-state index contributed by atoms with van der Waals surface area (Å²) in [5.74, 6) is 0. The molecule has 88 valence electrons. The third-order valence-corrected chi connectivity index (χ3v) is 2.63. The quantitative estimate of drug-likeness (QED) is 0.815. The Kier molecular flexibility index (Phi) is 3.88. The maximum Gasteiger partial charge on any atom is 0.170 e.